The van der Waals surface area contributed by atoms with Crippen LogP contribution in [0.5, 0.6) is 0 Å². The number of halogens is 3. The number of hydrogen-bond donors (Lipinski definition) is 1. The molecule has 0 saturated heterocycles. The summed E-state index contributed by atoms with van der Waals surface area (Å²) >= 11 is 11.8. The van der Waals surface area contributed by atoms with Crippen LogP contribution in [0.3, 0.4) is 0 Å². The summed E-state index contributed by atoms with van der Waals surface area (Å²) in [6.07, 6.45) is 0. The molecule has 0 saturated carbocycles. The van der Waals surface area contributed by atoms with E-state index in [4.69, 9.17) is 11.6 Å². The Kier molecular flexibility index (Phi) is 6.11. The van der Waals surface area contributed by atoms with Crippen LogP contribution in [0.1, 0.15) is 0 Å². The Morgan fingerprint density at radius 2 is 2.04 bits per heavy atom. The summed E-state index contributed by atoms with van der Waals surface area (Å²) in [5.41, 5.74) is 1.97. The van der Waals surface area contributed by atoms with Crippen molar-refractivity contribution in [2.24, 2.45) is 0 Å². The maximum absolute atomic E-state index is 13.7. The Balaban J connectivity index is 1.58. The first-order valence-electron chi connectivity index (χ1n) is 7.10. The number of carbonyl (C=O) groups is 1. The monoisotopic (exact) mass is 456 g/mol. The van der Waals surface area contributed by atoms with Gasteiger partial charge in [-0.3, -0.25) is 4.79 Å². The first kappa shape index (κ1) is 18.4. The smallest absolute Gasteiger partial charge is 0.234 e. The van der Waals surface area contributed by atoms with E-state index in [-0.39, 0.29) is 17.3 Å². The van der Waals surface area contributed by atoms with Crippen molar-refractivity contribution in [3.8, 4) is 11.3 Å². The van der Waals surface area contributed by atoms with E-state index in [0.29, 0.717) is 9.50 Å². The van der Waals surface area contributed by atoms with Crippen molar-refractivity contribution in [2.45, 2.75) is 4.34 Å². The zero-order valence-corrected chi connectivity index (χ0v) is 16.6. The quantitative estimate of drug-likeness (QED) is 0.471. The van der Waals surface area contributed by atoms with Gasteiger partial charge in [-0.25, -0.2) is 9.37 Å². The van der Waals surface area contributed by atoms with Crippen molar-refractivity contribution in [1.29, 1.82) is 0 Å². The Morgan fingerprint density at radius 3 is 2.76 bits per heavy atom. The molecule has 0 radical (unpaired) electrons. The lowest BCUT2D eigenvalue weighted by Gasteiger charge is -2.05. The molecule has 1 aromatic heterocycles. The third-order valence-corrected chi connectivity index (χ3v) is 5.92. The molecule has 8 heteroatoms. The van der Waals surface area contributed by atoms with E-state index in [1.54, 1.807) is 6.07 Å². The second-order valence-electron chi connectivity index (χ2n) is 4.97. The van der Waals surface area contributed by atoms with Crippen molar-refractivity contribution in [2.75, 3.05) is 11.1 Å². The molecule has 0 fully saturated rings. The fourth-order valence-corrected chi connectivity index (χ4v) is 4.08. The standard InChI is InChI=1S/C17H11BrClFN2OS2/c18-11-3-6-14(13(20)7-11)21-16(23)9-25-17-22-15(8-24-17)10-1-4-12(19)5-2-10/h1-8H,9H2,(H,21,23). The SMILES string of the molecule is O=C(CSc1nc(-c2ccc(Cl)cc2)cs1)Nc1ccc(Br)cc1F. The molecule has 0 unspecified atom stereocenters. The topological polar surface area (TPSA) is 42.0 Å². The fourth-order valence-electron chi connectivity index (χ4n) is 1.98. The van der Waals surface area contributed by atoms with Gasteiger partial charge >= 0.3 is 0 Å². The Morgan fingerprint density at radius 1 is 1.28 bits per heavy atom. The van der Waals surface area contributed by atoms with Gasteiger partial charge in [0.25, 0.3) is 0 Å². The van der Waals surface area contributed by atoms with Crippen LogP contribution in [0.25, 0.3) is 11.3 Å². The molecule has 1 amide bonds. The maximum atomic E-state index is 13.7. The maximum Gasteiger partial charge on any atom is 0.234 e. The average Bonchev–Trinajstić information content (AvgIpc) is 3.05. The van der Waals surface area contributed by atoms with Gasteiger partial charge in [0, 0.05) is 20.4 Å². The van der Waals surface area contributed by atoms with Crippen molar-refractivity contribution in [3.05, 3.63) is 63.2 Å². The van der Waals surface area contributed by atoms with Gasteiger partial charge in [0.15, 0.2) is 4.34 Å². The summed E-state index contributed by atoms with van der Waals surface area (Å²) in [6, 6.07) is 11.9. The highest BCUT2D eigenvalue weighted by atomic mass is 79.9. The number of rotatable bonds is 5. The number of aromatic nitrogens is 1. The summed E-state index contributed by atoms with van der Waals surface area (Å²) in [6.45, 7) is 0. The third-order valence-electron chi connectivity index (χ3n) is 3.16. The van der Waals surface area contributed by atoms with E-state index in [9.17, 15) is 9.18 Å². The molecule has 25 heavy (non-hydrogen) atoms. The van der Waals surface area contributed by atoms with Crippen molar-refractivity contribution in [3.63, 3.8) is 0 Å². The second kappa shape index (κ2) is 8.31. The van der Waals surface area contributed by atoms with Gasteiger partial charge in [-0.15, -0.1) is 11.3 Å². The third kappa shape index (κ3) is 5.04. The van der Waals surface area contributed by atoms with E-state index in [1.165, 1.54) is 35.2 Å². The zero-order valence-electron chi connectivity index (χ0n) is 12.6. The van der Waals surface area contributed by atoms with Crippen LogP contribution in [-0.4, -0.2) is 16.6 Å². The molecular formula is C17H11BrClFN2OS2. The molecule has 0 bridgehead atoms. The minimum absolute atomic E-state index is 0.156. The average molecular weight is 458 g/mol. The number of anilines is 1. The van der Waals surface area contributed by atoms with Crippen LogP contribution in [0, 0.1) is 5.82 Å². The van der Waals surface area contributed by atoms with E-state index < -0.39 is 5.82 Å². The lowest BCUT2D eigenvalue weighted by Crippen LogP contribution is -2.14. The molecule has 0 aliphatic rings. The summed E-state index contributed by atoms with van der Waals surface area (Å²) in [7, 11) is 0. The minimum Gasteiger partial charge on any atom is -0.323 e. The van der Waals surface area contributed by atoms with Crippen molar-refractivity contribution < 1.29 is 9.18 Å². The Hall–Kier alpha value is -1.41. The number of thioether (sulfide) groups is 1. The van der Waals surface area contributed by atoms with Crippen LogP contribution in [-0.2, 0) is 4.79 Å². The molecular weight excluding hydrogens is 447 g/mol. The van der Waals surface area contributed by atoms with Crippen LogP contribution in [0.2, 0.25) is 5.02 Å². The number of hydrogen-bond acceptors (Lipinski definition) is 4. The fraction of sp³-hybridized carbons (Fsp3) is 0.0588. The largest absolute Gasteiger partial charge is 0.323 e. The molecule has 1 N–H and O–H groups in total. The summed E-state index contributed by atoms with van der Waals surface area (Å²) in [5.74, 6) is -0.607. The van der Waals surface area contributed by atoms with Crippen LogP contribution in [0.15, 0.2) is 56.7 Å². The first-order valence-corrected chi connectivity index (χ1v) is 10.1. The normalized spacial score (nSPS) is 10.7. The lowest BCUT2D eigenvalue weighted by atomic mass is 10.2. The minimum atomic E-state index is -0.480. The van der Waals surface area contributed by atoms with Gasteiger partial charge in [-0.2, -0.15) is 0 Å². The van der Waals surface area contributed by atoms with E-state index >= 15 is 0 Å². The molecule has 3 rings (SSSR count). The molecule has 0 aliphatic carbocycles. The molecule has 1 heterocycles. The predicted molar refractivity (Wildman–Crippen MR) is 106 cm³/mol. The number of benzene rings is 2. The number of amides is 1. The molecule has 3 nitrogen and oxygen atoms in total. The number of thiazole rings is 1. The van der Waals surface area contributed by atoms with Gasteiger partial charge < -0.3 is 5.32 Å². The molecule has 0 spiro atoms. The number of nitrogens with one attached hydrogen (secondary N) is 1. The highest BCUT2D eigenvalue weighted by Gasteiger charge is 2.10. The Labute approximate surface area is 165 Å². The number of carbonyl (C=O) groups excluding carboxylic acids is 1. The van der Waals surface area contributed by atoms with Gasteiger partial charge in [-0.1, -0.05) is 51.4 Å². The molecule has 0 aliphatic heterocycles. The van der Waals surface area contributed by atoms with Crippen LogP contribution in [0.4, 0.5) is 10.1 Å². The second-order valence-corrected chi connectivity index (χ2v) is 8.40. The summed E-state index contributed by atoms with van der Waals surface area (Å²) in [5, 5.41) is 5.16. The summed E-state index contributed by atoms with van der Waals surface area (Å²) < 4.78 is 15.1. The van der Waals surface area contributed by atoms with Crippen LogP contribution >= 0.6 is 50.6 Å². The lowest BCUT2D eigenvalue weighted by molar-refractivity contribution is -0.113. The molecule has 3 aromatic rings. The van der Waals surface area contributed by atoms with E-state index in [0.717, 1.165) is 15.6 Å². The molecule has 0 atom stereocenters. The van der Waals surface area contributed by atoms with Gasteiger partial charge in [0.1, 0.15) is 5.82 Å². The predicted octanol–water partition coefficient (Wildman–Crippen LogP) is 6.10. The zero-order chi connectivity index (χ0) is 17.8. The van der Waals surface area contributed by atoms with Crippen LogP contribution < -0.4 is 5.32 Å². The Bertz CT molecular complexity index is 902. The summed E-state index contributed by atoms with van der Waals surface area (Å²) in [4.78, 5) is 16.5. The first-order chi connectivity index (χ1) is 12.0. The van der Waals surface area contributed by atoms with E-state index in [1.807, 2.05) is 29.6 Å². The van der Waals surface area contributed by atoms with Gasteiger partial charge in [-0.05, 0) is 30.3 Å². The van der Waals surface area contributed by atoms with Crippen molar-refractivity contribution >= 4 is 62.2 Å². The van der Waals surface area contributed by atoms with Gasteiger partial charge in [0.05, 0.1) is 17.1 Å². The van der Waals surface area contributed by atoms with Gasteiger partial charge in [0.2, 0.25) is 5.91 Å². The number of nitrogens with zero attached hydrogens (tertiary/aromatic N) is 1. The molecule has 2 aromatic carbocycles. The van der Waals surface area contributed by atoms with Crippen molar-refractivity contribution in [1.82, 2.24) is 4.98 Å². The molecule has 128 valence electrons. The highest BCUT2D eigenvalue weighted by Crippen LogP contribution is 2.29. The van der Waals surface area contributed by atoms with E-state index in [2.05, 4.69) is 26.2 Å². The highest BCUT2D eigenvalue weighted by molar-refractivity contribution is 9.10.